The van der Waals surface area contributed by atoms with Crippen LogP contribution in [-0.2, 0) is 7.05 Å². The largest absolute Gasteiger partial charge is 0.384 e. The lowest BCUT2D eigenvalue weighted by Gasteiger charge is -2.16. The topological polar surface area (TPSA) is 41.9 Å². The minimum Gasteiger partial charge on any atom is -0.384 e. The molecule has 2 aromatic rings. The van der Waals surface area contributed by atoms with Gasteiger partial charge in [-0.3, -0.25) is 0 Å². The number of hydrogen-bond donors (Lipinski definition) is 2. The second-order valence-corrected chi connectivity index (χ2v) is 5.44. The van der Waals surface area contributed by atoms with Crippen LogP contribution in [0, 0.1) is 5.41 Å². The molecule has 1 fully saturated rings. The molecule has 1 aromatic carbocycles. The summed E-state index contributed by atoms with van der Waals surface area (Å²) in [5.74, 6) is 0. The Labute approximate surface area is 107 Å². The summed E-state index contributed by atoms with van der Waals surface area (Å²) in [6.45, 7) is 2.15. The Morgan fingerprint density at radius 2 is 2.17 bits per heavy atom. The number of rotatable bonds is 5. The van der Waals surface area contributed by atoms with Gasteiger partial charge in [-0.15, -0.1) is 0 Å². The Balaban J connectivity index is 1.71. The molecule has 1 aliphatic carbocycles. The van der Waals surface area contributed by atoms with Crippen molar-refractivity contribution < 1.29 is 0 Å². The lowest BCUT2D eigenvalue weighted by Crippen LogP contribution is -2.26. The Morgan fingerprint density at radius 1 is 1.33 bits per heavy atom. The fraction of sp³-hybridized carbons (Fsp3) is 0.500. The van der Waals surface area contributed by atoms with Gasteiger partial charge in [0.05, 0.1) is 17.4 Å². The average molecular weight is 244 g/mol. The summed E-state index contributed by atoms with van der Waals surface area (Å²) in [6, 6.07) is 6.40. The normalized spacial score (nSPS) is 17.0. The van der Waals surface area contributed by atoms with Crippen LogP contribution in [0.4, 0.5) is 5.69 Å². The molecule has 0 aliphatic heterocycles. The predicted octanol–water partition coefficient (Wildman–Crippen LogP) is 1.98. The van der Waals surface area contributed by atoms with E-state index >= 15 is 0 Å². The SMILES string of the molecule is CNCC1(CNc2ccc3c(c2)ncn3C)CC1. The molecule has 0 atom stereocenters. The van der Waals surface area contributed by atoms with Crippen molar-refractivity contribution in [1.82, 2.24) is 14.9 Å². The summed E-state index contributed by atoms with van der Waals surface area (Å²) in [5, 5.41) is 6.83. The molecule has 0 saturated heterocycles. The number of fused-ring (bicyclic) bond motifs is 1. The molecular weight excluding hydrogens is 224 g/mol. The van der Waals surface area contributed by atoms with Gasteiger partial charge in [0.1, 0.15) is 0 Å². The molecule has 1 heterocycles. The fourth-order valence-electron chi connectivity index (χ4n) is 2.50. The third kappa shape index (κ3) is 2.08. The van der Waals surface area contributed by atoms with E-state index < -0.39 is 0 Å². The summed E-state index contributed by atoms with van der Waals surface area (Å²) in [6.07, 6.45) is 4.51. The third-order valence-corrected chi connectivity index (χ3v) is 3.90. The number of benzene rings is 1. The molecule has 1 aromatic heterocycles. The molecule has 0 unspecified atom stereocenters. The highest BCUT2D eigenvalue weighted by molar-refractivity contribution is 5.79. The highest BCUT2D eigenvalue weighted by atomic mass is 15.0. The van der Waals surface area contributed by atoms with Crippen LogP contribution in [0.15, 0.2) is 24.5 Å². The first-order chi connectivity index (χ1) is 8.72. The van der Waals surface area contributed by atoms with Gasteiger partial charge in [-0.2, -0.15) is 0 Å². The van der Waals surface area contributed by atoms with Gasteiger partial charge in [0.25, 0.3) is 0 Å². The Hall–Kier alpha value is -1.55. The first-order valence-corrected chi connectivity index (χ1v) is 6.52. The zero-order valence-electron chi connectivity index (χ0n) is 11.0. The molecule has 96 valence electrons. The molecule has 0 radical (unpaired) electrons. The second-order valence-electron chi connectivity index (χ2n) is 5.44. The van der Waals surface area contributed by atoms with Crippen molar-refractivity contribution in [3.05, 3.63) is 24.5 Å². The van der Waals surface area contributed by atoms with Crippen LogP contribution in [0.1, 0.15) is 12.8 Å². The summed E-state index contributed by atoms with van der Waals surface area (Å²) in [4.78, 5) is 4.39. The van der Waals surface area contributed by atoms with Crippen molar-refractivity contribution >= 4 is 16.7 Å². The van der Waals surface area contributed by atoms with Gasteiger partial charge in [-0.1, -0.05) is 0 Å². The van der Waals surface area contributed by atoms with Crippen molar-refractivity contribution in [3.8, 4) is 0 Å². The van der Waals surface area contributed by atoms with E-state index in [9.17, 15) is 0 Å². The lowest BCUT2D eigenvalue weighted by atomic mass is 10.1. The van der Waals surface area contributed by atoms with Gasteiger partial charge in [-0.05, 0) is 38.1 Å². The highest BCUT2D eigenvalue weighted by Crippen LogP contribution is 2.44. The quantitative estimate of drug-likeness (QED) is 0.845. The smallest absolute Gasteiger partial charge is 0.0955 e. The minimum absolute atomic E-state index is 0.480. The lowest BCUT2D eigenvalue weighted by molar-refractivity contribution is 0.507. The van der Waals surface area contributed by atoms with Crippen molar-refractivity contribution in [2.24, 2.45) is 12.5 Å². The van der Waals surface area contributed by atoms with E-state index in [0.717, 1.165) is 18.6 Å². The summed E-state index contributed by atoms with van der Waals surface area (Å²) >= 11 is 0. The van der Waals surface area contributed by atoms with Crippen molar-refractivity contribution in [2.45, 2.75) is 12.8 Å². The number of aromatic nitrogens is 2. The molecule has 4 nitrogen and oxygen atoms in total. The summed E-state index contributed by atoms with van der Waals surface area (Å²) in [7, 11) is 4.05. The zero-order chi connectivity index (χ0) is 12.6. The average Bonchev–Trinajstić information content (AvgIpc) is 3.05. The van der Waals surface area contributed by atoms with Crippen molar-refractivity contribution in [1.29, 1.82) is 0 Å². The van der Waals surface area contributed by atoms with Gasteiger partial charge in [-0.25, -0.2) is 4.98 Å². The third-order valence-electron chi connectivity index (χ3n) is 3.90. The molecule has 0 amide bonds. The Bertz CT molecular complexity index is 554. The Morgan fingerprint density at radius 3 is 2.89 bits per heavy atom. The molecule has 0 spiro atoms. The van der Waals surface area contributed by atoms with Crippen LogP contribution in [0.5, 0.6) is 0 Å². The van der Waals surface area contributed by atoms with Crippen molar-refractivity contribution in [3.63, 3.8) is 0 Å². The van der Waals surface area contributed by atoms with E-state index in [-0.39, 0.29) is 0 Å². The van der Waals surface area contributed by atoms with Gasteiger partial charge in [0.15, 0.2) is 0 Å². The molecular formula is C14H20N4. The number of imidazole rings is 1. The number of nitrogens with one attached hydrogen (secondary N) is 2. The molecule has 18 heavy (non-hydrogen) atoms. The van der Waals surface area contributed by atoms with Gasteiger partial charge in [0, 0.05) is 31.2 Å². The molecule has 1 saturated carbocycles. The number of aryl methyl sites for hydroxylation is 1. The molecule has 2 N–H and O–H groups in total. The van der Waals surface area contributed by atoms with E-state index in [4.69, 9.17) is 0 Å². The molecule has 4 heteroatoms. The number of nitrogens with zero attached hydrogens (tertiary/aromatic N) is 2. The van der Waals surface area contributed by atoms with Crippen LogP contribution >= 0.6 is 0 Å². The maximum Gasteiger partial charge on any atom is 0.0955 e. The van der Waals surface area contributed by atoms with Gasteiger partial charge >= 0.3 is 0 Å². The fourth-order valence-corrected chi connectivity index (χ4v) is 2.50. The first kappa shape index (κ1) is 11.5. The maximum absolute atomic E-state index is 4.39. The van der Waals surface area contributed by atoms with E-state index in [2.05, 4.69) is 33.8 Å². The first-order valence-electron chi connectivity index (χ1n) is 6.52. The van der Waals surface area contributed by atoms with Crippen LogP contribution in [-0.4, -0.2) is 29.7 Å². The van der Waals surface area contributed by atoms with E-state index in [0.29, 0.717) is 5.41 Å². The predicted molar refractivity (Wildman–Crippen MR) is 74.8 cm³/mol. The summed E-state index contributed by atoms with van der Waals surface area (Å²) in [5.41, 5.74) is 3.88. The van der Waals surface area contributed by atoms with E-state index in [1.807, 2.05) is 25.0 Å². The van der Waals surface area contributed by atoms with Crippen molar-refractivity contribution in [2.75, 3.05) is 25.5 Å². The van der Waals surface area contributed by atoms with Crippen LogP contribution in [0.25, 0.3) is 11.0 Å². The number of hydrogen-bond acceptors (Lipinski definition) is 3. The van der Waals surface area contributed by atoms with Crippen LogP contribution < -0.4 is 10.6 Å². The van der Waals surface area contributed by atoms with Crippen LogP contribution in [0.3, 0.4) is 0 Å². The monoisotopic (exact) mass is 244 g/mol. The minimum atomic E-state index is 0.480. The standard InChI is InChI=1S/C14H20N4/c1-15-8-14(5-6-14)9-16-11-3-4-13-12(7-11)17-10-18(13)2/h3-4,7,10,15-16H,5-6,8-9H2,1-2H3. The second kappa shape index (κ2) is 4.28. The van der Waals surface area contributed by atoms with Gasteiger partial charge < -0.3 is 15.2 Å². The van der Waals surface area contributed by atoms with E-state index in [1.54, 1.807) is 0 Å². The van der Waals surface area contributed by atoms with E-state index in [1.165, 1.54) is 24.0 Å². The molecule has 1 aliphatic rings. The Kier molecular flexibility index (Phi) is 2.74. The molecule has 3 rings (SSSR count). The number of anilines is 1. The highest BCUT2D eigenvalue weighted by Gasteiger charge is 2.41. The van der Waals surface area contributed by atoms with Gasteiger partial charge in [0.2, 0.25) is 0 Å². The summed E-state index contributed by atoms with van der Waals surface area (Å²) < 4.78 is 2.04. The zero-order valence-corrected chi connectivity index (χ0v) is 11.0. The van der Waals surface area contributed by atoms with Crippen LogP contribution in [0.2, 0.25) is 0 Å². The maximum atomic E-state index is 4.39. The molecule has 0 bridgehead atoms.